The molecule has 1 atom stereocenters. The molecule has 0 aliphatic carbocycles. The summed E-state index contributed by atoms with van der Waals surface area (Å²) in [7, 11) is 1.60. The fourth-order valence-corrected chi connectivity index (χ4v) is 1.61. The summed E-state index contributed by atoms with van der Waals surface area (Å²) >= 11 is 0. The molecule has 0 radical (unpaired) electrons. The van der Waals surface area contributed by atoms with Crippen molar-refractivity contribution >= 4 is 0 Å². The van der Waals surface area contributed by atoms with Crippen LogP contribution in [-0.4, -0.2) is 12.2 Å². The van der Waals surface area contributed by atoms with Crippen LogP contribution in [0.25, 0.3) is 0 Å². The summed E-state index contributed by atoms with van der Waals surface area (Å²) in [6, 6.07) is 3.93. The van der Waals surface area contributed by atoms with Gasteiger partial charge in [-0.05, 0) is 31.0 Å². The highest BCUT2D eigenvalue weighted by molar-refractivity contribution is 5.45. The summed E-state index contributed by atoms with van der Waals surface area (Å²) in [5, 5.41) is 9.71. The zero-order valence-electron chi connectivity index (χ0n) is 8.87. The normalized spacial score (nSPS) is 12.3. The smallest absolute Gasteiger partial charge is 0.125 e. The lowest BCUT2D eigenvalue weighted by atomic mass is 10.00. The average Bonchev–Trinajstić information content (AvgIpc) is 2.15. The molecule has 0 aliphatic heterocycles. The number of methoxy groups -OCH3 is 1. The molecule has 0 fully saturated rings. The van der Waals surface area contributed by atoms with Crippen molar-refractivity contribution < 1.29 is 9.84 Å². The van der Waals surface area contributed by atoms with Gasteiger partial charge in [-0.2, -0.15) is 0 Å². The first-order valence-corrected chi connectivity index (χ1v) is 4.56. The van der Waals surface area contributed by atoms with E-state index < -0.39 is 6.10 Å². The van der Waals surface area contributed by atoms with Gasteiger partial charge in [-0.15, -0.1) is 6.58 Å². The standard InChI is InChI=1S/C12H16O2/c1-5-10(13)12-9(3)6-8(2)7-11(12)14-4/h5-7,10,13H,1H2,2-4H3. The van der Waals surface area contributed by atoms with E-state index in [1.54, 1.807) is 7.11 Å². The Labute approximate surface area is 84.8 Å². The van der Waals surface area contributed by atoms with Crippen molar-refractivity contribution in [3.8, 4) is 5.75 Å². The number of rotatable bonds is 3. The Hall–Kier alpha value is -1.28. The van der Waals surface area contributed by atoms with E-state index in [2.05, 4.69) is 6.58 Å². The monoisotopic (exact) mass is 192 g/mol. The summed E-state index contributed by atoms with van der Waals surface area (Å²) in [5.41, 5.74) is 2.95. The van der Waals surface area contributed by atoms with E-state index >= 15 is 0 Å². The van der Waals surface area contributed by atoms with Gasteiger partial charge in [-0.3, -0.25) is 0 Å². The number of aliphatic hydroxyl groups is 1. The van der Waals surface area contributed by atoms with Crippen LogP contribution in [0.4, 0.5) is 0 Å². The van der Waals surface area contributed by atoms with Crippen LogP contribution in [0, 0.1) is 13.8 Å². The molecule has 76 valence electrons. The maximum Gasteiger partial charge on any atom is 0.125 e. The second kappa shape index (κ2) is 4.29. The highest BCUT2D eigenvalue weighted by Gasteiger charge is 2.13. The molecular weight excluding hydrogens is 176 g/mol. The van der Waals surface area contributed by atoms with E-state index in [4.69, 9.17) is 4.74 Å². The predicted octanol–water partition coefficient (Wildman–Crippen LogP) is 2.53. The van der Waals surface area contributed by atoms with Crippen molar-refractivity contribution in [1.29, 1.82) is 0 Å². The fourth-order valence-electron chi connectivity index (χ4n) is 1.61. The van der Waals surface area contributed by atoms with Crippen molar-refractivity contribution in [2.24, 2.45) is 0 Å². The second-order valence-electron chi connectivity index (χ2n) is 3.38. The van der Waals surface area contributed by atoms with Crippen LogP contribution < -0.4 is 4.74 Å². The molecule has 2 nitrogen and oxygen atoms in total. The zero-order valence-corrected chi connectivity index (χ0v) is 8.87. The molecule has 0 aromatic heterocycles. The number of hydrogen-bond acceptors (Lipinski definition) is 2. The van der Waals surface area contributed by atoms with Gasteiger partial charge in [0.25, 0.3) is 0 Å². The van der Waals surface area contributed by atoms with Crippen LogP contribution in [0.3, 0.4) is 0 Å². The Morgan fingerprint density at radius 2 is 2.07 bits per heavy atom. The molecule has 0 saturated heterocycles. The van der Waals surface area contributed by atoms with E-state index in [-0.39, 0.29) is 0 Å². The van der Waals surface area contributed by atoms with Gasteiger partial charge in [0.15, 0.2) is 0 Å². The Morgan fingerprint density at radius 3 is 2.57 bits per heavy atom. The lowest BCUT2D eigenvalue weighted by Gasteiger charge is -2.15. The first kappa shape index (κ1) is 10.8. The van der Waals surface area contributed by atoms with Crippen molar-refractivity contribution in [3.63, 3.8) is 0 Å². The fraction of sp³-hybridized carbons (Fsp3) is 0.333. The number of aryl methyl sites for hydroxylation is 2. The molecule has 1 aromatic rings. The second-order valence-corrected chi connectivity index (χ2v) is 3.38. The topological polar surface area (TPSA) is 29.5 Å². The molecule has 0 amide bonds. The van der Waals surface area contributed by atoms with E-state index in [0.29, 0.717) is 0 Å². The number of aliphatic hydroxyl groups excluding tert-OH is 1. The highest BCUT2D eigenvalue weighted by atomic mass is 16.5. The van der Waals surface area contributed by atoms with Gasteiger partial charge >= 0.3 is 0 Å². The van der Waals surface area contributed by atoms with Gasteiger partial charge in [-0.25, -0.2) is 0 Å². The van der Waals surface area contributed by atoms with Crippen LogP contribution in [-0.2, 0) is 0 Å². The summed E-state index contributed by atoms with van der Waals surface area (Å²) in [6.45, 7) is 7.53. The van der Waals surface area contributed by atoms with Crippen LogP contribution >= 0.6 is 0 Å². The van der Waals surface area contributed by atoms with Crippen LogP contribution in [0.2, 0.25) is 0 Å². The third-order valence-corrected chi connectivity index (χ3v) is 2.23. The van der Waals surface area contributed by atoms with Crippen LogP contribution in [0.5, 0.6) is 5.75 Å². The Morgan fingerprint density at radius 1 is 1.43 bits per heavy atom. The molecule has 0 aliphatic rings. The quantitative estimate of drug-likeness (QED) is 0.746. The van der Waals surface area contributed by atoms with Crippen molar-refractivity contribution in [2.75, 3.05) is 7.11 Å². The Balaban J connectivity index is 3.31. The van der Waals surface area contributed by atoms with Crippen molar-refractivity contribution in [2.45, 2.75) is 20.0 Å². The maximum absolute atomic E-state index is 9.71. The number of benzene rings is 1. The van der Waals surface area contributed by atoms with E-state index in [1.165, 1.54) is 6.08 Å². The van der Waals surface area contributed by atoms with Gasteiger partial charge in [-0.1, -0.05) is 12.1 Å². The molecule has 2 heteroatoms. The maximum atomic E-state index is 9.71. The summed E-state index contributed by atoms with van der Waals surface area (Å²) in [4.78, 5) is 0. The molecule has 0 spiro atoms. The first-order chi connectivity index (χ1) is 6.60. The van der Waals surface area contributed by atoms with E-state index in [0.717, 1.165) is 22.4 Å². The minimum atomic E-state index is -0.662. The van der Waals surface area contributed by atoms with E-state index in [1.807, 2.05) is 26.0 Å². The lowest BCUT2D eigenvalue weighted by molar-refractivity contribution is 0.222. The van der Waals surface area contributed by atoms with Crippen LogP contribution in [0.15, 0.2) is 24.8 Å². The van der Waals surface area contributed by atoms with Crippen molar-refractivity contribution in [3.05, 3.63) is 41.5 Å². The molecule has 1 rings (SSSR count). The van der Waals surface area contributed by atoms with Gasteiger partial charge in [0, 0.05) is 5.56 Å². The minimum Gasteiger partial charge on any atom is -0.496 e. The molecule has 1 N–H and O–H groups in total. The first-order valence-electron chi connectivity index (χ1n) is 4.56. The highest BCUT2D eigenvalue weighted by Crippen LogP contribution is 2.30. The largest absolute Gasteiger partial charge is 0.496 e. The molecule has 0 saturated carbocycles. The number of ether oxygens (including phenoxy) is 1. The third kappa shape index (κ3) is 1.96. The Bertz CT molecular complexity index is 342. The molecule has 1 unspecified atom stereocenters. The summed E-state index contributed by atoms with van der Waals surface area (Å²) in [5.74, 6) is 0.718. The van der Waals surface area contributed by atoms with E-state index in [9.17, 15) is 5.11 Å². The lowest BCUT2D eigenvalue weighted by Crippen LogP contribution is -2.01. The predicted molar refractivity (Wildman–Crippen MR) is 57.6 cm³/mol. The van der Waals surface area contributed by atoms with Gasteiger partial charge in [0.2, 0.25) is 0 Å². The molecular formula is C12H16O2. The summed E-state index contributed by atoms with van der Waals surface area (Å²) in [6.07, 6.45) is 0.839. The van der Waals surface area contributed by atoms with Gasteiger partial charge in [0.1, 0.15) is 11.9 Å². The zero-order chi connectivity index (χ0) is 10.7. The third-order valence-electron chi connectivity index (χ3n) is 2.23. The minimum absolute atomic E-state index is 0.662. The Kier molecular flexibility index (Phi) is 3.31. The number of hydrogen-bond donors (Lipinski definition) is 1. The average molecular weight is 192 g/mol. The van der Waals surface area contributed by atoms with Crippen molar-refractivity contribution in [1.82, 2.24) is 0 Å². The van der Waals surface area contributed by atoms with Gasteiger partial charge < -0.3 is 9.84 Å². The van der Waals surface area contributed by atoms with Crippen LogP contribution in [0.1, 0.15) is 22.8 Å². The molecule has 0 bridgehead atoms. The van der Waals surface area contributed by atoms with Gasteiger partial charge in [0.05, 0.1) is 7.11 Å². The molecule has 0 heterocycles. The molecule has 1 aromatic carbocycles. The molecule has 14 heavy (non-hydrogen) atoms. The summed E-state index contributed by atoms with van der Waals surface area (Å²) < 4.78 is 5.22. The SMILES string of the molecule is C=CC(O)c1c(C)cc(C)cc1OC.